The fourth-order valence-electron chi connectivity index (χ4n) is 0.668. The van der Waals surface area contributed by atoms with Crippen LogP contribution in [0.15, 0.2) is 0 Å². The Morgan fingerprint density at radius 1 is 1.07 bits per heavy atom. The molecule has 0 saturated heterocycles. The molecule has 0 saturated carbocycles. The third kappa shape index (κ3) is 4.42. The van der Waals surface area contributed by atoms with E-state index in [2.05, 4.69) is 0 Å². The molecule has 0 aliphatic heterocycles. The fraction of sp³-hybridized carbons (Fsp3) is 0.833. The van der Waals surface area contributed by atoms with Crippen molar-refractivity contribution in [2.24, 2.45) is 0 Å². The number of carboxylic acids is 1. The molecule has 0 rings (SSSR count). The number of carbonyl (C=O) groups is 1. The van der Waals surface area contributed by atoms with Crippen molar-refractivity contribution >= 4 is 25.8 Å². The maximum absolute atomic E-state index is 10.1. The SMILES string of the molecule is O=C(O)C(O)C(O)C(O)C(O)CO.[GaH3]. The number of aliphatic hydroxyl groups excluding tert-OH is 5. The van der Waals surface area contributed by atoms with Gasteiger partial charge in [-0.15, -0.1) is 0 Å². The molecule has 0 aromatic carbocycles. The molecule has 84 valence electrons. The number of aliphatic hydroxyl groups is 5. The van der Waals surface area contributed by atoms with Crippen LogP contribution in [0.2, 0.25) is 0 Å². The molecule has 14 heavy (non-hydrogen) atoms. The molecule has 0 aromatic heterocycles. The second-order valence-corrected chi connectivity index (χ2v) is 2.51. The Kier molecular flexibility index (Phi) is 8.44. The van der Waals surface area contributed by atoms with Crippen molar-refractivity contribution in [3.05, 3.63) is 0 Å². The zero-order chi connectivity index (χ0) is 10.6. The van der Waals surface area contributed by atoms with Gasteiger partial charge in [-0.1, -0.05) is 0 Å². The zero-order valence-electron chi connectivity index (χ0n) is 6.61. The predicted molar refractivity (Wildman–Crippen MR) is 48.7 cm³/mol. The van der Waals surface area contributed by atoms with E-state index in [0.29, 0.717) is 0 Å². The summed E-state index contributed by atoms with van der Waals surface area (Å²) in [6.45, 7) is -0.843. The van der Waals surface area contributed by atoms with Gasteiger partial charge in [0, 0.05) is 0 Å². The van der Waals surface area contributed by atoms with Crippen molar-refractivity contribution in [3.63, 3.8) is 0 Å². The number of carboxylic acid groups (broad SMARTS) is 1. The van der Waals surface area contributed by atoms with Gasteiger partial charge in [0.05, 0.1) is 6.61 Å². The van der Waals surface area contributed by atoms with Crippen molar-refractivity contribution in [2.45, 2.75) is 24.4 Å². The van der Waals surface area contributed by atoms with Crippen LogP contribution in [-0.4, -0.2) is 87.4 Å². The molecule has 4 unspecified atom stereocenters. The Labute approximate surface area is 92.7 Å². The summed E-state index contributed by atoms with van der Waals surface area (Å²) in [6, 6.07) is 0. The van der Waals surface area contributed by atoms with Gasteiger partial charge in [-0.3, -0.25) is 0 Å². The molecule has 0 heterocycles. The molecule has 8 heteroatoms. The maximum atomic E-state index is 10.1. The first kappa shape index (κ1) is 16.3. The van der Waals surface area contributed by atoms with Crippen molar-refractivity contribution in [1.82, 2.24) is 0 Å². The summed E-state index contributed by atoms with van der Waals surface area (Å²) in [5.74, 6) is -1.73. The van der Waals surface area contributed by atoms with Crippen molar-refractivity contribution in [3.8, 4) is 0 Å². The fourth-order valence-corrected chi connectivity index (χ4v) is 0.668. The van der Waals surface area contributed by atoms with Crippen LogP contribution in [0.25, 0.3) is 0 Å². The minimum atomic E-state index is -2.20. The van der Waals surface area contributed by atoms with Gasteiger partial charge in [0.25, 0.3) is 0 Å². The van der Waals surface area contributed by atoms with E-state index in [-0.39, 0.29) is 19.8 Å². The van der Waals surface area contributed by atoms with Gasteiger partial charge >= 0.3 is 25.8 Å². The van der Waals surface area contributed by atoms with Gasteiger partial charge in [-0.2, -0.15) is 0 Å². The van der Waals surface area contributed by atoms with Crippen molar-refractivity contribution in [2.75, 3.05) is 6.61 Å². The quantitative estimate of drug-likeness (QED) is 0.276. The molecular formula is C6H15GaO7. The van der Waals surface area contributed by atoms with Crippen LogP contribution in [-0.2, 0) is 4.79 Å². The molecule has 0 aliphatic rings. The van der Waals surface area contributed by atoms with E-state index < -0.39 is 37.0 Å². The number of hydrogen-bond acceptors (Lipinski definition) is 6. The van der Waals surface area contributed by atoms with E-state index in [1.54, 1.807) is 0 Å². The summed E-state index contributed by atoms with van der Waals surface area (Å²) < 4.78 is 0. The van der Waals surface area contributed by atoms with E-state index in [1.165, 1.54) is 0 Å². The average molecular weight is 269 g/mol. The van der Waals surface area contributed by atoms with E-state index in [0.717, 1.165) is 0 Å². The van der Waals surface area contributed by atoms with E-state index >= 15 is 0 Å². The van der Waals surface area contributed by atoms with Crippen LogP contribution >= 0.6 is 0 Å². The first-order valence-electron chi connectivity index (χ1n) is 3.47. The number of rotatable bonds is 5. The first-order chi connectivity index (χ1) is 5.91. The van der Waals surface area contributed by atoms with Crippen molar-refractivity contribution in [1.29, 1.82) is 0 Å². The molecule has 0 spiro atoms. The molecule has 6 N–H and O–H groups in total. The summed E-state index contributed by atoms with van der Waals surface area (Å²) in [6.07, 6.45) is -7.84. The van der Waals surface area contributed by atoms with Crippen LogP contribution in [0.1, 0.15) is 0 Å². The Balaban J connectivity index is 0. The van der Waals surface area contributed by atoms with Crippen LogP contribution in [0.3, 0.4) is 0 Å². The molecule has 0 aromatic rings. The standard InChI is InChI=1S/C6H12O7.Ga.3H/c7-1-2(8)3(9)4(10)5(11)6(12)13;;;;/h2-5,7-11H,1H2,(H,12,13);;;;. The normalized spacial score (nSPS) is 18.9. The summed E-state index contributed by atoms with van der Waals surface area (Å²) >= 11 is 0. The monoisotopic (exact) mass is 268 g/mol. The summed E-state index contributed by atoms with van der Waals surface area (Å²) in [7, 11) is 0. The molecule has 4 atom stereocenters. The Hall–Kier alpha value is -0.0936. The van der Waals surface area contributed by atoms with E-state index in [9.17, 15) is 4.79 Å². The molecule has 7 nitrogen and oxygen atoms in total. The molecular weight excluding hydrogens is 254 g/mol. The average Bonchev–Trinajstić information content (AvgIpc) is 2.12. The Bertz CT molecular complexity index is 176. The zero-order valence-corrected chi connectivity index (χ0v) is 6.61. The summed E-state index contributed by atoms with van der Waals surface area (Å²) in [4.78, 5) is 10.1. The van der Waals surface area contributed by atoms with Gasteiger partial charge in [0.1, 0.15) is 18.3 Å². The second-order valence-electron chi connectivity index (χ2n) is 2.51. The Morgan fingerprint density at radius 3 is 1.79 bits per heavy atom. The van der Waals surface area contributed by atoms with Crippen molar-refractivity contribution < 1.29 is 35.4 Å². The van der Waals surface area contributed by atoms with Crippen LogP contribution in [0.4, 0.5) is 0 Å². The van der Waals surface area contributed by atoms with Gasteiger partial charge in [0.2, 0.25) is 0 Å². The van der Waals surface area contributed by atoms with Gasteiger partial charge in [-0.05, 0) is 0 Å². The van der Waals surface area contributed by atoms with Crippen LogP contribution < -0.4 is 0 Å². The van der Waals surface area contributed by atoms with E-state index in [4.69, 9.17) is 30.6 Å². The molecule has 0 fully saturated rings. The third-order valence-electron chi connectivity index (χ3n) is 1.51. The van der Waals surface area contributed by atoms with Crippen LogP contribution in [0.5, 0.6) is 0 Å². The first-order valence-corrected chi connectivity index (χ1v) is 3.47. The Morgan fingerprint density at radius 2 is 1.50 bits per heavy atom. The minimum absolute atomic E-state index is 0. The topological polar surface area (TPSA) is 138 Å². The molecule has 0 amide bonds. The number of aliphatic carboxylic acids is 1. The van der Waals surface area contributed by atoms with E-state index in [1.807, 2.05) is 0 Å². The van der Waals surface area contributed by atoms with Crippen LogP contribution in [0, 0.1) is 0 Å². The summed E-state index contributed by atoms with van der Waals surface area (Å²) in [5.41, 5.74) is 0. The third-order valence-corrected chi connectivity index (χ3v) is 1.51. The molecule has 0 radical (unpaired) electrons. The predicted octanol–water partition coefficient (Wildman–Crippen LogP) is -4.68. The van der Waals surface area contributed by atoms with Gasteiger partial charge in [-0.25, -0.2) is 4.79 Å². The van der Waals surface area contributed by atoms with Gasteiger partial charge < -0.3 is 30.6 Å². The molecule has 0 aliphatic carbocycles. The number of hydrogen-bond donors (Lipinski definition) is 6. The second kappa shape index (κ2) is 7.23. The molecule has 0 bridgehead atoms. The summed E-state index contributed by atoms with van der Waals surface area (Å²) in [5, 5.41) is 51.8. The van der Waals surface area contributed by atoms with Gasteiger partial charge in [0.15, 0.2) is 6.10 Å².